The lowest BCUT2D eigenvalue weighted by Gasteiger charge is -2.08. The molecule has 2 atom stereocenters. The Morgan fingerprint density at radius 3 is 2.93 bits per heavy atom. The average molecular weight is 229 g/mol. The minimum atomic E-state index is -0.748. The molecular weight excluding hydrogens is 210 g/mol. The van der Waals surface area contributed by atoms with E-state index in [9.17, 15) is 4.21 Å². The second-order valence-corrected chi connectivity index (χ2v) is 5.45. The van der Waals surface area contributed by atoms with Gasteiger partial charge in [0.1, 0.15) is 0 Å². The van der Waals surface area contributed by atoms with Crippen molar-refractivity contribution in [3.8, 4) is 0 Å². The summed E-state index contributed by atoms with van der Waals surface area (Å²) >= 11 is 0. The van der Waals surface area contributed by atoms with Crippen LogP contribution in [0.5, 0.6) is 0 Å². The number of nitrogens with one attached hydrogen (secondary N) is 1. The summed E-state index contributed by atoms with van der Waals surface area (Å²) in [6.07, 6.45) is 5.63. The third-order valence-corrected chi connectivity index (χ3v) is 3.64. The zero-order valence-corrected chi connectivity index (χ0v) is 10.4. The number of rotatable bonds is 6. The molecule has 1 aromatic heterocycles. The number of hydrogen-bond acceptors (Lipinski definition) is 3. The first-order valence-electron chi connectivity index (χ1n) is 5.17. The first-order chi connectivity index (χ1) is 7.13. The van der Waals surface area contributed by atoms with Gasteiger partial charge < -0.3 is 5.32 Å². The van der Waals surface area contributed by atoms with Crippen molar-refractivity contribution in [2.75, 3.05) is 12.8 Å². The molecule has 0 spiro atoms. The topological polar surface area (TPSA) is 46.9 Å². The Morgan fingerprint density at radius 2 is 2.40 bits per heavy atom. The van der Waals surface area contributed by atoms with E-state index in [0.29, 0.717) is 0 Å². The highest BCUT2D eigenvalue weighted by atomic mass is 32.2. The van der Waals surface area contributed by atoms with Crippen LogP contribution in [0.25, 0.3) is 0 Å². The maximum absolute atomic E-state index is 11.1. The number of hydrogen-bond donors (Lipinski definition) is 1. The van der Waals surface area contributed by atoms with Crippen LogP contribution in [0, 0.1) is 0 Å². The van der Waals surface area contributed by atoms with Gasteiger partial charge in [0.2, 0.25) is 0 Å². The summed E-state index contributed by atoms with van der Waals surface area (Å²) in [6, 6.07) is 0. The Kier molecular flexibility index (Phi) is 4.98. The van der Waals surface area contributed by atoms with E-state index in [1.165, 1.54) is 5.56 Å². The molecule has 0 saturated carbocycles. The lowest BCUT2D eigenvalue weighted by Crippen LogP contribution is -2.27. The minimum absolute atomic E-state index is 0.200. The molecule has 4 nitrogen and oxygen atoms in total. The van der Waals surface area contributed by atoms with E-state index in [1.807, 2.05) is 24.0 Å². The summed E-state index contributed by atoms with van der Waals surface area (Å²) in [4.78, 5) is 0. The second-order valence-electron chi connectivity index (χ2n) is 3.64. The molecule has 0 saturated heterocycles. The molecule has 0 radical (unpaired) electrons. The fourth-order valence-corrected chi connectivity index (χ4v) is 1.56. The highest BCUT2D eigenvalue weighted by molar-refractivity contribution is 7.84. The van der Waals surface area contributed by atoms with Gasteiger partial charge in [-0.15, -0.1) is 0 Å². The normalized spacial score (nSPS) is 15.1. The van der Waals surface area contributed by atoms with E-state index < -0.39 is 10.8 Å². The number of aromatic nitrogens is 2. The minimum Gasteiger partial charge on any atom is -0.311 e. The summed E-state index contributed by atoms with van der Waals surface area (Å²) in [7, 11) is -0.748. The lowest BCUT2D eigenvalue weighted by atomic mass is 10.3. The Morgan fingerprint density at radius 1 is 1.67 bits per heavy atom. The monoisotopic (exact) mass is 229 g/mol. The summed E-state index contributed by atoms with van der Waals surface area (Å²) < 4.78 is 13.0. The summed E-state index contributed by atoms with van der Waals surface area (Å²) in [5, 5.41) is 7.66. The van der Waals surface area contributed by atoms with Crippen LogP contribution in [0.3, 0.4) is 0 Å². The van der Waals surface area contributed by atoms with Gasteiger partial charge in [0, 0.05) is 53.7 Å². The molecule has 1 rings (SSSR count). The molecule has 15 heavy (non-hydrogen) atoms. The van der Waals surface area contributed by atoms with Gasteiger partial charge in [0.15, 0.2) is 0 Å². The molecule has 0 bridgehead atoms. The van der Waals surface area contributed by atoms with Crippen LogP contribution >= 0.6 is 0 Å². The smallest absolute Gasteiger partial charge is 0.0534 e. The molecule has 0 aliphatic heterocycles. The van der Waals surface area contributed by atoms with Gasteiger partial charge in [-0.05, 0) is 13.8 Å². The summed E-state index contributed by atoms with van der Waals surface area (Å²) in [5.74, 6) is 0. The molecule has 0 fully saturated rings. The Labute approximate surface area is 93.5 Å². The van der Waals surface area contributed by atoms with Crippen LogP contribution in [0.4, 0.5) is 0 Å². The first-order valence-corrected chi connectivity index (χ1v) is 6.80. The van der Waals surface area contributed by atoms with Crippen molar-refractivity contribution in [1.82, 2.24) is 15.1 Å². The van der Waals surface area contributed by atoms with Crippen molar-refractivity contribution < 1.29 is 4.21 Å². The Balaban J connectivity index is 2.28. The van der Waals surface area contributed by atoms with Gasteiger partial charge in [-0.3, -0.25) is 8.89 Å². The molecule has 0 aliphatic rings. The maximum Gasteiger partial charge on any atom is 0.0534 e. The number of aryl methyl sites for hydroxylation is 1. The number of nitrogens with zero attached hydrogens (tertiary/aromatic N) is 2. The van der Waals surface area contributed by atoms with Crippen LogP contribution in [0.2, 0.25) is 0 Å². The van der Waals surface area contributed by atoms with E-state index in [2.05, 4.69) is 17.3 Å². The third kappa shape index (κ3) is 4.13. The molecule has 0 aromatic carbocycles. The predicted octanol–water partition coefficient (Wildman–Crippen LogP) is 0.760. The van der Waals surface area contributed by atoms with E-state index >= 15 is 0 Å². The van der Waals surface area contributed by atoms with Gasteiger partial charge in [-0.1, -0.05) is 0 Å². The van der Waals surface area contributed by atoms with Crippen LogP contribution < -0.4 is 5.32 Å². The van der Waals surface area contributed by atoms with Crippen molar-refractivity contribution in [1.29, 1.82) is 0 Å². The maximum atomic E-state index is 11.1. The molecule has 86 valence electrons. The van der Waals surface area contributed by atoms with Crippen LogP contribution in [-0.4, -0.2) is 32.0 Å². The molecule has 0 amide bonds. The molecular formula is C10H19N3OS. The Bertz CT molecular complexity index is 324. The SMILES string of the molecule is CCn1cc(CNCC(C)S(C)=O)cn1. The second kappa shape index (κ2) is 6.02. The van der Waals surface area contributed by atoms with Crippen molar-refractivity contribution in [3.63, 3.8) is 0 Å². The van der Waals surface area contributed by atoms with E-state index in [4.69, 9.17) is 0 Å². The van der Waals surface area contributed by atoms with Gasteiger partial charge in [0.25, 0.3) is 0 Å². The summed E-state index contributed by atoms with van der Waals surface area (Å²) in [6.45, 7) is 6.52. The molecule has 1 aromatic rings. The fraction of sp³-hybridized carbons (Fsp3) is 0.700. The fourth-order valence-electron chi connectivity index (χ4n) is 1.21. The average Bonchev–Trinajstić information content (AvgIpc) is 2.65. The molecule has 2 unspecified atom stereocenters. The van der Waals surface area contributed by atoms with Gasteiger partial charge in [-0.2, -0.15) is 5.10 Å². The van der Waals surface area contributed by atoms with E-state index in [1.54, 1.807) is 6.26 Å². The predicted molar refractivity (Wildman–Crippen MR) is 63.1 cm³/mol. The van der Waals surface area contributed by atoms with Crippen LogP contribution in [0.1, 0.15) is 19.4 Å². The van der Waals surface area contributed by atoms with Gasteiger partial charge in [0.05, 0.1) is 6.20 Å². The Hall–Kier alpha value is -0.680. The molecule has 5 heteroatoms. The van der Waals surface area contributed by atoms with Gasteiger partial charge >= 0.3 is 0 Å². The van der Waals surface area contributed by atoms with Crippen molar-refractivity contribution in [2.24, 2.45) is 0 Å². The molecule has 0 aliphatic carbocycles. The van der Waals surface area contributed by atoms with E-state index in [0.717, 1.165) is 19.6 Å². The lowest BCUT2D eigenvalue weighted by molar-refractivity contribution is 0.643. The molecule has 1 heterocycles. The van der Waals surface area contributed by atoms with Gasteiger partial charge in [-0.25, -0.2) is 0 Å². The van der Waals surface area contributed by atoms with Crippen LogP contribution in [0.15, 0.2) is 12.4 Å². The quantitative estimate of drug-likeness (QED) is 0.783. The molecule has 1 N–H and O–H groups in total. The van der Waals surface area contributed by atoms with Crippen molar-refractivity contribution in [3.05, 3.63) is 18.0 Å². The van der Waals surface area contributed by atoms with Crippen molar-refractivity contribution >= 4 is 10.8 Å². The zero-order chi connectivity index (χ0) is 11.3. The van der Waals surface area contributed by atoms with Crippen LogP contribution in [-0.2, 0) is 23.9 Å². The highest BCUT2D eigenvalue weighted by Crippen LogP contribution is 1.97. The third-order valence-electron chi connectivity index (χ3n) is 2.34. The zero-order valence-electron chi connectivity index (χ0n) is 9.56. The van der Waals surface area contributed by atoms with Crippen molar-refractivity contribution in [2.45, 2.75) is 32.2 Å². The summed E-state index contributed by atoms with van der Waals surface area (Å²) in [5.41, 5.74) is 1.17. The largest absolute Gasteiger partial charge is 0.311 e. The first kappa shape index (κ1) is 12.4. The van der Waals surface area contributed by atoms with E-state index in [-0.39, 0.29) is 5.25 Å². The highest BCUT2D eigenvalue weighted by Gasteiger charge is 2.05. The standard InChI is InChI=1S/C10H19N3OS/c1-4-13-8-10(7-12-13)6-11-5-9(2)15(3)14/h7-9,11H,4-6H2,1-3H3.